The second-order valence-electron chi connectivity index (χ2n) is 7.03. The Bertz CT molecular complexity index is 556. The molecule has 0 aromatic heterocycles. The third kappa shape index (κ3) is 6.03. The molecule has 0 radical (unpaired) electrons. The number of rotatable bonds is 5. The lowest BCUT2D eigenvalue weighted by Gasteiger charge is -2.24. The van der Waals surface area contributed by atoms with E-state index in [1.54, 1.807) is 0 Å². The summed E-state index contributed by atoms with van der Waals surface area (Å²) in [6.45, 7) is 5.48. The maximum Gasteiger partial charge on any atom is 0.140 e. The molecule has 3 N–H and O–H groups in total. The molecule has 0 bridgehead atoms. The van der Waals surface area contributed by atoms with E-state index in [9.17, 15) is 9.59 Å². The second-order valence-corrected chi connectivity index (χ2v) is 7.03. The highest BCUT2D eigenvalue weighted by Crippen LogP contribution is 2.30. The SMILES string of the molecule is CCC(CO)(CO)CO.Cc1ccc(C2CC(=O)CC(=O)C2)cc1C. The van der Waals surface area contributed by atoms with Crippen LogP contribution < -0.4 is 0 Å². The lowest BCUT2D eigenvalue weighted by atomic mass is 9.82. The van der Waals surface area contributed by atoms with E-state index in [2.05, 4.69) is 26.0 Å². The fourth-order valence-corrected chi connectivity index (χ4v) is 2.73. The Labute approximate surface area is 149 Å². The molecular weight excluding hydrogens is 320 g/mol. The summed E-state index contributed by atoms with van der Waals surface area (Å²) >= 11 is 0. The molecule has 140 valence electrons. The summed E-state index contributed by atoms with van der Waals surface area (Å²) in [5.41, 5.74) is 2.93. The summed E-state index contributed by atoms with van der Waals surface area (Å²) in [6, 6.07) is 6.21. The predicted octanol–water partition coefficient (Wildman–Crippen LogP) is 2.07. The van der Waals surface area contributed by atoms with Crippen LogP contribution in [0.1, 0.15) is 55.2 Å². The maximum absolute atomic E-state index is 11.4. The van der Waals surface area contributed by atoms with Crippen molar-refractivity contribution in [2.45, 2.75) is 52.4 Å². The number of benzene rings is 1. The molecule has 1 aliphatic carbocycles. The van der Waals surface area contributed by atoms with Crippen molar-refractivity contribution in [2.75, 3.05) is 19.8 Å². The van der Waals surface area contributed by atoms with Crippen molar-refractivity contribution < 1.29 is 24.9 Å². The van der Waals surface area contributed by atoms with E-state index >= 15 is 0 Å². The van der Waals surface area contributed by atoms with Crippen LogP contribution in [0.3, 0.4) is 0 Å². The molecule has 0 heterocycles. The molecule has 1 aromatic carbocycles. The average Bonchev–Trinajstić information content (AvgIpc) is 2.60. The van der Waals surface area contributed by atoms with E-state index in [-0.39, 0.29) is 43.7 Å². The number of ketones is 2. The van der Waals surface area contributed by atoms with Gasteiger partial charge in [0.1, 0.15) is 11.6 Å². The van der Waals surface area contributed by atoms with Crippen molar-refractivity contribution >= 4 is 11.6 Å². The van der Waals surface area contributed by atoms with Crippen LogP contribution in [0.2, 0.25) is 0 Å². The predicted molar refractivity (Wildman–Crippen MR) is 96.5 cm³/mol. The Hall–Kier alpha value is -1.56. The summed E-state index contributed by atoms with van der Waals surface area (Å²) in [5.74, 6) is 0.270. The van der Waals surface area contributed by atoms with Gasteiger partial charge in [0.15, 0.2) is 0 Å². The van der Waals surface area contributed by atoms with Crippen LogP contribution in [0.5, 0.6) is 0 Å². The van der Waals surface area contributed by atoms with Gasteiger partial charge in [-0.25, -0.2) is 0 Å². The van der Waals surface area contributed by atoms with Crippen molar-refractivity contribution in [2.24, 2.45) is 5.41 Å². The zero-order chi connectivity index (χ0) is 19.0. The Morgan fingerprint density at radius 2 is 1.48 bits per heavy atom. The Kier molecular flexibility index (Phi) is 8.42. The van der Waals surface area contributed by atoms with Gasteiger partial charge in [-0.15, -0.1) is 0 Å². The van der Waals surface area contributed by atoms with Crippen LogP contribution in [0.15, 0.2) is 18.2 Å². The first-order valence-corrected chi connectivity index (χ1v) is 8.74. The Balaban J connectivity index is 0.000000299. The normalized spacial score (nSPS) is 15.8. The van der Waals surface area contributed by atoms with Gasteiger partial charge in [-0.2, -0.15) is 0 Å². The first kappa shape index (κ1) is 21.5. The van der Waals surface area contributed by atoms with Gasteiger partial charge >= 0.3 is 0 Å². The van der Waals surface area contributed by atoms with Crippen molar-refractivity contribution in [3.05, 3.63) is 34.9 Å². The van der Waals surface area contributed by atoms with Crippen LogP contribution in [-0.4, -0.2) is 46.7 Å². The van der Waals surface area contributed by atoms with E-state index in [1.807, 2.05) is 13.0 Å². The summed E-state index contributed by atoms with van der Waals surface area (Å²) in [6.07, 6.45) is 1.78. The number of hydrogen-bond donors (Lipinski definition) is 3. The zero-order valence-corrected chi connectivity index (χ0v) is 15.4. The number of hydrogen-bond acceptors (Lipinski definition) is 5. The average molecular weight is 350 g/mol. The molecule has 0 amide bonds. The van der Waals surface area contributed by atoms with Gasteiger partial charge in [0, 0.05) is 18.3 Å². The van der Waals surface area contributed by atoms with Crippen LogP contribution >= 0.6 is 0 Å². The van der Waals surface area contributed by atoms with Gasteiger partial charge < -0.3 is 15.3 Å². The standard InChI is InChI=1S/C14H16O2.C6H14O3/c1-9-3-4-11(5-10(9)2)12-6-13(15)8-14(16)7-12;1-2-6(3-7,4-8)5-9/h3-5,12H,6-8H2,1-2H3;7-9H,2-5H2,1H3. The van der Waals surface area contributed by atoms with Gasteiger partial charge in [-0.1, -0.05) is 25.1 Å². The largest absolute Gasteiger partial charge is 0.396 e. The molecule has 0 saturated heterocycles. The highest BCUT2D eigenvalue weighted by molar-refractivity contribution is 6.02. The smallest absolute Gasteiger partial charge is 0.140 e. The molecule has 1 aliphatic rings. The Morgan fingerprint density at radius 3 is 1.84 bits per heavy atom. The molecule has 0 spiro atoms. The van der Waals surface area contributed by atoms with E-state index in [4.69, 9.17) is 15.3 Å². The zero-order valence-electron chi connectivity index (χ0n) is 15.4. The molecule has 0 atom stereocenters. The van der Waals surface area contributed by atoms with Crippen molar-refractivity contribution in [3.63, 3.8) is 0 Å². The molecule has 0 aliphatic heterocycles. The van der Waals surface area contributed by atoms with E-state index in [1.165, 1.54) is 11.1 Å². The first-order chi connectivity index (χ1) is 11.8. The molecule has 5 heteroatoms. The van der Waals surface area contributed by atoms with Gasteiger partial charge in [0.25, 0.3) is 0 Å². The molecule has 0 unspecified atom stereocenters. The fraction of sp³-hybridized carbons (Fsp3) is 0.600. The number of aliphatic hydroxyl groups is 3. The molecule has 1 aromatic rings. The monoisotopic (exact) mass is 350 g/mol. The molecule has 25 heavy (non-hydrogen) atoms. The van der Waals surface area contributed by atoms with Crippen molar-refractivity contribution in [1.82, 2.24) is 0 Å². The highest BCUT2D eigenvalue weighted by atomic mass is 16.3. The van der Waals surface area contributed by atoms with Gasteiger partial charge in [-0.3, -0.25) is 9.59 Å². The molecule has 1 saturated carbocycles. The molecule has 2 rings (SSSR count). The summed E-state index contributed by atoms with van der Waals surface area (Å²) in [7, 11) is 0. The quantitative estimate of drug-likeness (QED) is 0.707. The van der Waals surface area contributed by atoms with Crippen molar-refractivity contribution in [1.29, 1.82) is 0 Å². The summed E-state index contributed by atoms with van der Waals surface area (Å²) in [5, 5.41) is 26.0. The third-order valence-electron chi connectivity index (χ3n) is 5.10. The maximum atomic E-state index is 11.4. The minimum atomic E-state index is -0.667. The van der Waals surface area contributed by atoms with Crippen LogP contribution in [0, 0.1) is 19.3 Å². The van der Waals surface area contributed by atoms with Crippen LogP contribution in [0.4, 0.5) is 0 Å². The summed E-state index contributed by atoms with van der Waals surface area (Å²) in [4.78, 5) is 22.8. The molecular formula is C20H30O5. The van der Waals surface area contributed by atoms with E-state index < -0.39 is 5.41 Å². The van der Waals surface area contributed by atoms with E-state index in [0.717, 1.165) is 5.56 Å². The van der Waals surface area contributed by atoms with Gasteiger partial charge in [-0.05, 0) is 42.9 Å². The van der Waals surface area contributed by atoms with Crippen molar-refractivity contribution in [3.8, 4) is 0 Å². The number of carbonyl (C=O) groups excluding carboxylic acids is 2. The summed E-state index contributed by atoms with van der Waals surface area (Å²) < 4.78 is 0. The fourth-order valence-electron chi connectivity index (χ4n) is 2.73. The second kappa shape index (κ2) is 9.80. The number of aryl methyl sites for hydroxylation is 2. The van der Waals surface area contributed by atoms with Crippen LogP contribution in [-0.2, 0) is 9.59 Å². The highest BCUT2D eigenvalue weighted by Gasteiger charge is 2.26. The Morgan fingerprint density at radius 1 is 0.960 bits per heavy atom. The minimum Gasteiger partial charge on any atom is -0.396 e. The molecule has 1 fully saturated rings. The number of Topliss-reactive ketones (excluding diaryl/α,β-unsaturated/α-hetero) is 2. The lowest BCUT2D eigenvalue weighted by Crippen LogP contribution is -2.32. The third-order valence-corrected chi connectivity index (χ3v) is 5.10. The lowest BCUT2D eigenvalue weighted by molar-refractivity contribution is -0.130. The first-order valence-electron chi connectivity index (χ1n) is 8.74. The topological polar surface area (TPSA) is 94.8 Å². The van der Waals surface area contributed by atoms with Gasteiger partial charge in [0.2, 0.25) is 0 Å². The number of aliphatic hydroxyl groups excluding tert-OH is 3. The van der Waals surface area contributed by atoms with Gasteiger partial charge in [0.05, 0.1) is 26.2 Å². The number of carbonyl (C=O) groups is 2. The minimum absolute atomic E-state index is 0.0829. The molecule has 5 nitrogen and oxygen atoms in total. The van der Waals surface area contributed by atoms with Crippen LogP contribution in [0.25, 0.3) is 0 Å². The van der Waals surface area contributed by atoms with E-state index in [0.29, 0.717) is 19.3 Å².